The van der Waals surface area contributed by atoms with E-state index in [0.29, 0.717) is 11.3 Å². The summed E-state index contributed by atoms with van der Waals surface area (Å²) in [4.78, 5) is 35.3. The summed E-state index contributed by atoms with van der Waals surface area (Å²) in [6.07, 6.45) is 2.65. The highest BCUT2D eigenvalue weighted by Gasteiger charge is 2.62. The van der Waals surface area contributed by atoms with Crippen molar-refractivity contribution in [2.24, 2.45) is 16.7 Å². The van der Waals surface area contributed by atoms with Crippen LogP contribution in [0.2, 0.25) is 0 Å². The van der Waals surface area contributed by atoms with Crippen LogP contribution in [0, 0.1) is 26.9 Å². The molecule has 0 aliphatic heterocycles. The second kappa shape index (κ2) is 5.65. The molecule has 2 aliphatic carbocycles. The van der Waals surface area contributed by atoms with Crippen LogP contribution in [0.4, 0.5) is 5.69 Å². The van der Waals surface area contributed by atoms with E-state index < -0.39 is 16.5 Å². The number of carbonyl (C=O) groups excluding carboxylic acids is 1. The van der Waals surface area contributed by atoms with E-state index in [1.165, 1.54) is 24.3 Å². The first-order valence-corrected chi connectivity index (χ1v) is 9.07. The molecule has 0 saturated heterocycles. The van der Waals surface area contributed by atoms with E-state index in [1.54, 1.807) is 0 Å². The number of esters is 1. The molecular formula is C20H21NO6. The van der Waals surface area contributed by atoms with Crippen molar-refractivity contribution in [2.45, 2.75) is 46.1 Å². The van der Waals surface area contributed by atoms with Crippen LogP contribution in [0.5, 0.6) is 0 Å². The zero-order valence-electron chi connectivity index (χ0n) is 15.5. The molecule has 1 aromatic carbocycles. The molecule has 2 saturated carbocycles. The van der Waals surface area contributed by atoms with Crippen molar-refractivity contribution >= 4 is 22.6 Å². The first kappa shape index (κ1) is 17.7. The molecule has 0 amide bonds. The van der Waals surface area contributed by atoms with Gasteiger partial charge >= 0.3 is 11.6 Å². The standard InChI is InChI=1S/C20H21NO6/c1-19(2)12-6-7-20(19,3)16(10-12)27-18(23)14-9-11-8-13(21(24)25)4-5-15(11)26-17(14)22/h4-5,8-9,12,16H,6-7,10H2,1-3H3/t12-,16-,20-/m0/s1. The molecule has 7 nitrogen and oxygen atoms in total. The lowest BCUT2D eigenvalue weighted by atomic mass is 9.70. The molecule has 1 aromatic heterocycles. The van der Waals surface area contributed by atoms with Crippen molar-refractivity contribution in [1.29, 1.82) is 0 Å². The van der Waals surface area contributed by atoms with E-state index in [0.717, 1.165) is 19.3 Å². The maximum absolute atomic E-state index is 12.7. The summed E-state index contributed by atoms with van der Waals surface area (Å²) in [7, 11) is 0. The monoisotopic (exact) mass is 371 g/mol. The molecule has 1 heterocycles. The number of carbonyl (C=O) groups is 1. The van der Waals surface area contributed by atoms with E-state index in [2.05, 4.69) is 20.8 Å². The Morgan fingerprint density at radius 3 is 2.63 bits per heavy atom. The number of nitrogens with zero attached hydrogens (tertiary/aromatic N) is 1. The Morgan fingerprint density at radius 1 is 1.30 bits per heavy atom. The van der Waals surface area contributed by atoms with E-state index >= 15 is 0 Å². The van der Waals surface area contributed by atoms with Gasteiger partial charge in [-0.1, -0.05) is 20.8 Å². The van der Waals surface area contributed by atoms with Crippen LogP contribution in [-0.4, -0.2) is 17.0 Å². The molecular weight excluding hydrogens is 350 g/mol. The van der Waals surface area contributed by atoms with Gasteiger partial charge in [0.15, 0.2) is 0 Å². The minimum Gasteiger partial charge on any atom is -0.458 e. The lowest BCUT2D eigenvalue weighted by Gasteiger charge is -2.38. The third kappa shape index (κ3) is 2.48. The lowest BCUT2D eigenvalue weighted by molar-refractivity contribution is -0.384. The predicted molar refractivity (Wildman–Crippen MR) is 97.6 cm³/mol. The molecule has 2 bridgehead atoms. The second-order valence-corrected chi connectivity index (χ2v) is 8.43. The SMILES string of the molecule is CC1(C)[C@H]2CC[C@@]1(C)[C@@H](OC(=O)c1cc3cc([N+](=O)[O-])ccc3oc1=O)C2. The van der Waals surface area contributed by atoms with Crippen LogP contribution in [0.25, 0.3) is 11.0 Å². The number of fused-ring (bicyclic) bond motifs is 3. The first-order chi connectivity index (χ1) is 12.6. The normalized spacial score (nSPS) is 28.4. The van der Waals surface area contributed by atoms with Gasteiger partial charge in [0.05, 0.1) is 4.92 Å². The van der Waals surface area contributed by atoms with Gasteiger partial charge in [-0.3, -0.25) is 10.1 Å². The van der Waals surface area contributed by atoms with Gasteiger partial charge in [-0.05, 0) is 42.7 Å². The summed E-state index contributed by atoms with van der Waals surface area (Å²) in [6, 6.07) is 5.19. The molecule has 4 rings (SSSR count). The molecule has 0 spiro atoms. The van der Waals surface area contributed by atoms with Crippen LogP contribution in [-0.2, 0) is 4.74 Å². The largest absolute Gasteiger partial charge is 0.458 e. The van der Waals surface area contributed by atoms with Gasteiger partial charge in [-0.25, -0.2) is 9.59 Å². The molecule has 2 fully saturated rings. The maximum atomic E-state index is 12.7. The molecule has 7 heteroatoms. The average Bonchev–Trinajstić information content (AvgIpc) is 2.94. The van der Waals surface area contributed by atoms with Crippen LogP contribution < -0.4 is 5.63 Å². The van der Waals surface area contributed by atoms with Gasteiger partial charge in [-0.15, -0.1) is 0 Å². The molecule has 0 unspecified atom stereocenters. The summed E-state index contributed by atoms with van der Waals surface area (Å²) in [5.41, 5.74) is -1.02. The van der Waals surface area contributed by atoms with Gasteiger partial charge in [0.25, 0.3) is 5.69 Å². The van der Waals surface area contributed by atoms with Crippen LogP contribution in [0.15, 0.2) is 33.5 Å². The van der Waals surface area contributed by atoms with Crippen LogP contribution >= 0.6 is 0 Å². The van der Waals surface area contributed by atoms with Gasteiger partial charge in [0, 0.05) is 22.9 Å². The minimum absolute atomic E-state index is 0.0760. The van der Waals surface area contributed by atoms with Crippen molar-refractivity contribution in [3.8, 4) is 0 Å². The number of hydrogen-bond donors (Lipinski definition) is 0. The zero-order valence-corrected chi connectivity index (χ0v) is 15.5. The molecule has 2 aliphatic rings. The maximum Gasteiger partial charge on any atom is 0.351 e. The van der Waals surface area contributed by atoms with Crippen molar-refractivity contribution in [1.82, 2.24) is 0 Å². The third-order valence-electron chi connectivity index (χ3n) is 7.11. The fraction of sp³-hybridized carbons (Fsp3) is 0.500. The first-order valence-electron chi connectivity index (χ1n) is 9.07. The van der Waals surface area contributed by atoms with E-state index in [9.17, 15) is 19.7 Å². The Morgan fingerprint density at radius 2 is 2.04 bits per heavy atom. The van der Waals surface area contributed by atoms with Crippen molar-refractivity contribution < 1.29 is 18.9 Å². The molecule has 0 radical (unpaired) electrons. The Hall–Kier alpha value is -2.70. The summed E-state index contributed by atoms with van der Waals surface area (Å²) >= 11 is 0. The number of rotatable bonds is 3. The molecule has 0 N–H and O–H groups in total. The quantitative estimate of drug-likeness (QED) is 0.349. The van der Waals surface area contributed by atoms with Gasteiger partial charge in [-0.2, -0.15) is 0 Å². The third-order valence-corrected chi connectivity index (χ3v) is 7.11. The smallest absolute Gasteiger partial charge is 0.351 e. The minimum atomic E-state index is -0.797. The van der Waals surface area contributed by atoms with Crippen molar-refractivity contribution in [3.05, 3.63) is 50.4 Å². The Labute approximate surface area is 155 Å². The second-order valence-electron chi connectivity index (χ2n) is 8.43. The van der Waals surface area contributed by atoms with Crippen molar-refractivity contribution in [2.75, 3.05) is 0 Å². The van der Waals surface area contributed by atoms with Crippen molar-refractivity contribution in [3.63, 3.8) is 0 Å². The van der Waals surface area contributed by atoms with Gasteiger partial charge < -0.3 is 9.15 Å². The van der Waals surface area contributed by atoms with E-state index in [1.807, 2.05) is 0 Å². The lowest BCUT2D eigenvalue weighted by Crippen LogP contribution is -2.38. The number of hydrogen-bond acceptors (Lipinski definition) is 6. The van der Waals surface area contributed by atoms with Gasteiger partial charge in [0.1, 0.15) is 17.3 Å². The van der Waals surface area contributed by atoms with Crippen LogP contribution in [0.3, 0.4) is 0 Å². The fourth-order valence-electron chi connectivity index (χ4n) is 4.87. The number of nitro benzene ring substituents is 1. The Balaban J connectivity index is 1.66. The Kier molecular flexibility index (Phi) is 3.70. The van der Waals surface area contributed by atoms with E-state index in [4.69, 9.17) is 9.15 Å². The highest BCUT2D eigenvalue weighted by molar-refractivity contribution is 5.93. The van der Waals surface area contributed by atoms with E-state index in [-0.39, 0.29) is 33.8 Å². The van der Waals surface area contributed by atoms with Crippen LogP contribution in [0.1, 0.15) is 50.4 Å². The number of nitro groups is 1. The number of non-ortho nitro benzene ring substituents is 1. The van der Waals surface area contributed by atoms with Gasteiger partial charge in [0.2, 0.25) is 0 Å². The highest BCUT2D eigenvalue weighted by Crippen LogP contribution is 2.66. The molecule has 142 valence electrons. The highest BCUT2D eigenvalue weighted by atomic mass is 16.6. The summed E-state index contributed by atoms with van der Waals surface area (Å²) in [5.74, 6) is -0.234. The molecule has 27 heavy (non-hydrogen) atoms. The Bertz CT molecular complexity index is 1020. The molecule has 2 aromatic rings. The number of ether oxygens (including phenoxy) is 1. The fourth-order valence-corrected chi connectivity index (χ4v) is 4.87. The number of benzene rings is 1. The molecule has 3 atom stereocenters. The summed E-state index contributed by atoms with van der Waals surface area (Å²) in [6.45, 7) is 6.56. The summed E-state index contributed by atoms with van der Waals surface area (Å²) < 4.78 is 10.9. The zero-order chi connectivity index (χ0) is 19.6. The topological polar surface area (TPSA) is 99.7 Å². The summed E-state index contributed by atoms with van der Waals surface area (Å²) in [5, 5.41) is 11.3. The average molecular weight is 371 g/mol. The predicted octanol–water partition coefficient (Wildman–Crippen LogP) is 4.07.